The Kier molecular flexibility index (Phi) is 5.01. The molecule has 0 radical (unpaired) electrons. The molecule has 0 bridgehead atoms. The van der Waals surface area contributed by atoms with Gasteiger partial charge < -0.3 is 4.74 Å². The molecule has 3 heteroatoms. The van der Waals surface area contributed by atoms with E-state index in [0.717, 1.165) is 11.1 Å². The van der Waals surface area contributed by atoms with Gasteiger partial charge in [0.25, 0.3) is 0 Å². The molecule has 0 aromatic heterocycles. The Morgan fingerprint density at radius 1 is 0.810 bits per heavy atom. The summed E-state index contributed by atoms with van der Waals surface area (Å²) in [5.74, 6) is -0.230. The van der Waals surface area contributed by atoms with Crippen LogP contribution in [0.15, 0.2) is 48.5 Å². The maximum Gasteiger partial charge on any atom is 0.188 e. The lowest BCUT2D eigenvalue weighted by molar-refractivity contribution is 0.0672. The van der Waals surface area contributed by atoms with E-state index in [9.17, 15) is 9.59 Å². The number of rotatable bonds is 6. The second-order valence-electron chi connectivity index (χ2n) is 5.08. The summed E-state index contributed by atoms with van der Waals surface area (Å²) in [4.78, 5) is 23.9. The first-order chi connectivity index (χ1) is 10.1. The second-order valence-corrected chi connectivity index (χ2v) is 5.08. The van der Waals surface area contributed by atoms with E-state index in [0.29, 0.717) is 11.1 Å². The van der Waals surface area contributed by atoms with Crippen LogP contribution in [0.4, 0.5) is 0 Å². The van der Waals surface area contributed by atoms with E-state index in [4.69, 9.17) is 4.74 Å². The lowest BCUT2D eigenvalue weighted by Crippen LogP contribution is -2.15. The third-order valence-electron chi connectivity index (χ3n) is 3.15. The minimum atomic E-state index is -0.115. The minimum absolute atomic E-state index is 0.0823. The number of hydrogen-bond acceptors (Lipinski definition) is 3. The van der Waals surface area contributed by atoms with E-state index in [2.05, 4.69) is 0 Å². The predicted octanol–water partition coefficient (Wildman–Crippen LogP) is 3.39. The van der Waals surface area contributed by atoms with Crippen LogP contribution in [-0.2, 0) is 4.74 Å². The fourth-order valence-electron chi connectivity index (χ4n) is 2.04. The Labute approximate surface area is 124 Å². The van der Waals surface area contributed by atoms with Crippen molar-refractivity contribution in [2.45, 2.75) is 13.8 Å². The molecule has 0 fully saturated rings. The van der Waals surface area contributed by atoms with E-state index in [1.165, 1.54) is 0 Å². The first kappa shape index (κ1) is 15.1. The first-order valence-corrected chi connectivity index (χ1v) is 6.84. The average Bonchev–Trinajstić information content (AvgIpc) is 2.47. The molecule has 108 valence electrons. The van der Waals surface area contributed by atoms with E-state index < -0.39 is 0 Å². The quantitative estimate of drug-likeness (QED) is 0.763. The van der Waals surface area contributed by atoms with Gasteiger partial charge in [0.1, 0.15) is 13.2 Å². The molecule has 0 unspecified atom stereocenters. The summed E-state index contributed by atoms with van der Waals surface area (Å²) < 4.78 is 5.25. The first-order valence-electron chi connectivity index (χ1n) is 6.84. The van der Waals surface area contributed by atoms with Gasteiger partial charge in [0.15, 0.2) is 11.6 Å². The Morgan fingerprint density at radius 3 is 1.62 bits per heavy atom. The summed E-state index contributed by atoms with van der Waals surface area (Å²) in [6, 6.07) is 14.7. The van der Waals surface area contributed by atoms with E-state index in [1.54, 1.807) is 12.1 Å². The monoisotopic (exact) mass is 282 g/mol. The summed E-state index contributed by atoms with van der Waals surface area (Å²) in [6.45, 7) is 3.69. The molecule has 2 rings (SSSR count). The van der Waals surface area contributed by atoms with Crippen LogP contribution >= 0.6 is 0 Å². The number of carbonyl (C=O) groups excluding carboxylic acids is 2. The van der Waals surface area contributed by atoms with Gasteiger partial charge in [-0.3, -0.25) is 9.59 Å². The predicted molar refractivity (Wildman–Crippen MR) is 81.8 cm³/mol. The van der Waals surface area contributed by atoms with Crippen molar-refractivity contribution in [2.24, 2.45) is 0 Å². The molecule has 0 N–H and O–H groups in total. The van der Waals surface area contributed by atoms with E-state index >= 15 is 0 Å². The standard InChI is InChI=1S/C18H18O3/c1-13-5-3-7-15(9-13)17(19)11-21-12-18(20)16-8-4-6-14(2)10-16/h3-10H,11-12H2,1-2H3. The van der Waals surface area contributed by atoms with E-state index in [-0.39, 0.29) is 24.8 Å². The topological polar surface area (TPSA) is 43.4 Å². The molecule has 0 aliphatic carbocycles. The van der Waals surface area contributed by atoms with Crippen LogP contribution in [0.2, 0.25) is 0 Å². The highest BCUT2D eigenvalue weighted by Crippen LogP contribution is 2.07. The Balaban J connectivity index is 1.87. The summed E-state index contributed by atoms with van der Waals surface area (Å²) in [7, 11) is 0. The van der Waals surface area contributed by atoms with Crippen LogP contribution in [0.25, 0.3) is 0 Å². The summed E-state index contributed by atoms with van der Waals surface area (Å²) >= 11 is 0. The largest absolute Gasteiger partial charge is 0.365 e. The summed E-state index contributed by atoms with van der Waals surface area (Å²) in [6.07, 6.45) is 0. The molecular weight excluding hydrogens is 264 g/mol. The van der Waals surface area contributed by atoms with Crippen LogP contribution in [0.3, 0.4) is 0 Å². The molecule has 0 atom stereocenters. The molecule has 0 aliphatic rings. The van der Waals surface area contributed by atoms with Gasteiger partial charge in [-0.05, 0) is 26.0 Å². The number of hydrogen-bond donors (Lipinski definition) is 0. The molecule has 3 nitrogen and oxygen atoms in total. The number of ketones is 2. The Hall–Kier alpha value is -2.26. The van der Waals surface area contributed by atoms with Crippen LogP contribution in [0.1, 0.15) is 31.8 Å². The molecular formula is C18H18O3. The fourth-order valence-corrected chi connectivity index (χ4v) is 2.04. The van der Waals surface area contributed by atoms with Gasteiger partial charge in [-0.15, -0.1) is 0 Å². The molecule has 0 heterocycles. The normalized spacial score (nSPS) is 10.4. The maximum atomic E-state index is 11.9. The van der Waals surface area contributed by atoms with Crippen molar-refractivity contribution < 1.29 is 14.3 Å². The maximum absolute atomic E-state index is 11.9. The number of ether oxygens (including phenoxy) is 1. The number of aryl methyl sites for hydroxylation is 2. The number of Topliss-reactive ketones (excluding diaryl/α,β-unsaturated/α-hetero) is 2. The van der Waals surface area contributed by atoms with Crippen LogP contribution in [-0.4, -0.2) is 24.8 Å². The molecule has 0 aliphatic heterocycles. The van der Waals surface area contributed by atoms with Crippen molar-refractivity contribution in [2.75, 3.05) is 13.2 Å². The Morgan fingerprint density at radius 2 is 1.24 bits per heavy atom. The third-order valence-corrected chi connectivity index (χ3v) is 3.15. The van der Waals surface area contributed by atoms with Crippen molar-refractivity contribution in [3.05, 3.63) is 70.8 Å². The fraction of sp³-hybridized carbons (Fsp3) is 0.222. The zero-order chi connectivity index (χ0) is 15.2. The van der Waals surface area contributed by atoms with Gasteiger partial charge >= 0.3 is 0 Å². The van der Waals surface area contributed by atoms with Gasteiger partial charge in [0, 0.05) is 11.1 Å². The lowest BCUT2D eigenvalue weighted by Gasteiger charge is -2.05. The molecule has 2 aromatic carbocycles. The minimum Gasteiger partial charge on any atom is -0.365 e. The number of benzene rings is 2. The average molecular weight is 282 g/mol. The molecule has 0 saturated carbocycles. The van der Waals surface area contributed by atoms with Gasteiger partial charge in [-0.2, -0.15) is 0 Å². The zero-order valence-electron chi connectivity index (χ0n) is 12.3. The van der Waals surface area contributed by atoms with Crippen molar-refractivity contribution in [3.63, 3.8) is 0 Å². The van der Waals surface area contributed by atoms with Crippen molar-refractivity contribution in [1.29, 1.82) is 0 Å². The molecule has 0 saturated heterocycles. The Bertz CT molecular complexity index is 602. The molecule has 0 spiro atoms. The van der Waals surface area contributed by atoms with Gasteiger partial charge in [0.2, 0.25) is 0 Å². The van der Waals surface area contributed by atoms with Crippen molar-refractivity contribution in [1.82, 2.24) is 0 Å². The lowest BCUT2D eigenvalue weighted by atomic mass is 10.1. The zero-order valence-corrected chi connectivity index (χ0v) is 12.3. The number of carbonyl (C=O) groups is 2. The highest BCUT2D eigenvalue weighted by Gasteiger charge is 2.09. The second kappa shape index (κ2) is 6.95. The SMILES string of the molecule is Cc1cccc(C(=O)COCC(=O)c2cccc(C)c2)c1. The van der Waals surface area contributed by atoms with E-state index in [1.807, 2.05) is 50.2 Å². The van der Waals surface area contributed by atoms with Gasteiger partial charge in [0.05, 0.1) is 0 Å². The summed E-state index contributed by atoms with van der Waals surface area (Å²) in [5.41, 5.74) is 3.27. The van der Waals surface area contributed by atoms with Crippen LogP contribution < -0.4 is 0 Å². The smallest absolute Gasteiger partial charge is 0.188 e. The molecule has 21 heavy (non-hydrogen) atoms. The highest BCUT2D eigenvalue weighted by molar-refractivity contribution is 5.99. The summed E-state index contributed by atoms with van der Waals surface area (Å²) in [5, 5.41) is 0. The van der Waals surface area contributed by atoms with Gasteiger partial charge in [-0.25, -0.2) is 0 Å². The van der Waals surface area contributed by atoms with Crippen LogP contribution in [0, 0.1) is 13.8 Å². The van der Waals surface area contributed by atoms with Gasteiger partial charge in [-0.1, -0.05) is 47.5 Å². The van der Waals surface area contributed by atoms with Crippen molar-refractivity contribution in [3.8, 4) is 0 Å². The van der Waals surface area contributed by atoms with Crippen LogP contribution in [0.5, 0.6) is 0 Å². The molecule has 2 aromatic rings. The molecule has 0 amide bonds. The van der Waals surface area contributed by atoms with Crippen molar-refractivity contribution >= 4 is 11.6 Å². The highest BCUT2D eigenvalue weighted by atomic mass is 16.5. The third kappa shape index (κ3) is 4.36.